The van der Waals surface area contributed by atoms with E-state index in [1.807, 2.05) is 42.5 Å². The van der Waals surface area contributed by atoms with Crippen LogP contribution < -0.4 is 5.73 Å². The second-order valence-corrected chi connectivity index (χ2v) is 11.1. The van der Waals surface area contributed by atoms with Gasteiger partial charge in [0.2, 0.25) is 5.96 Å². The molecular formula is C26H29ClN8O2S. The number of nitrogens with zero attached hydrogens (tertiary/aromatic N) is 7. The molecule has 0 saturated carbocycles. The van der Waals surface area contributed by atoms with Crippen LogP contribution in [0.25, 0.3) is 0 Å². The molecule has 2 N–H and O–H groups in total. The van der Waals surface area contributed by atoms with E-state index in [0.29, 0.717) is 31.1 Å². The van der Waals surface area contributed by atoms with Crippen LogP contribution in [0.1, 0.15) is 42.7 Å². The standard InChI is InChI=1S/C26H29ClN8O2S/c27-22-12-10-21(11-13-22)24-23(20-8-3-1-4-9-20)14-19-35(31-24)26(30-25(28)34-18-7-15-29-34)32-38(36,37)33-16-5-2-6-17-33/h1,3-4,7-13,15,18,23H,2,5-6,14,16-17,19H2,(H2,28,30,32). The Labute approximate surface area is 227 Å². The van der Waals surface area contributed by atoms with Crippen LogP contribution in [0, 0.1) is 0 Å². The van der Waals surface area contributed by atoms with Gasteiger partial charge in [0.15, 0.2) is 0 Å². The van der Waals surface area contributed by atoms with Gasteiger partial charge in [-0.1, -0.05) is 60.5 Å². The van der Waals surface area contributed by atoms with Gasteiger partial charge in [0.25, 0.3) is 5.96 Å². The van der Waals surface area contributed by atoms with Crippen LogP contribution in [-0.4, -0.2) is 64.8 Å². The highest BCUT2D eigenvalue weighted by Crippen LogP contribution is 2.30. The maximum atomic E-state index is 13.3. The SMILES string of the molecule is N/C(=N\C(=N/S(=O)(=O)N1CCCCC1)N1CCC(c2ccccc2)C(c2ccc(Cl)cc2)=N1)n1cccn1. The van der Waals surface area contributed by atoms with Crippen LogP contribution in [-0.2, 0) is 10.2 Å². The molecule has 1 fully saturated rings. The zero-order valence-electron chi connectivity index (χ0n) is 20.8. The lowest BCUT2D eigenvalue weighted by Gasteiger charge is -2.31. The third-order valence-corrected chi connectivity index (χ3v) is 8.22. The van der Waals surface area contributed by atoms with Gasteiger partial charge in [0.05, 0.1) is 5.71 Å². The van der Waals surface area contributed by atoms with Gasteiger partial charge >= 0.3 is 10.2 Å². The Morgan fingerprint density at radius 3 is 2.39 bits per heavy atom. The van der Waals surface area contributed by atoms with Crippen molar-refractivity contribution in [3.63, 3.8) is 0 Å². The number of hydrogen-bond donors (Lipinski definition) is 1. The number of guanidine groups is 1. The van der Waals surface area contributed by atoms with Crippen LogP contribution in [0.2, 0.25) is 5.02 Å². The fourth-order valence-corrected chi connectivity index (χ4v) is 5.91. The van der Waals surface area contributed by atoms with Crippen molar-refractivity contribution in [3.05, 3.63) is 89.2 Å². The maximum Gasteiger partial charge on any atom is 0.325 e. The van der Waals surface area contributed by atoms with Crippen molar-refractivity contribution < 1.29 is 8.42 Å². The summed E-state index contributed by atoms with van der Waals surface area (Å²) >= 11 is 6.16. The number of halogens is 1. The fraction of sp³-hybridized carbons (Fsp3) is 0.308. The molecule has 0 aliphatic carbocycles. The minimum Gasteiger partial charge on any atom is -0.368 e. The number of aliphatic imine (C=N–C) groups is 1. The number of hydrogen-bond acceptors (Lipinski definition) is 4. The highest BCUT2D eigenvalue weighted by atomic mass is 35.5. The minimum absolute atomic E-state index is 0.0129. The first-order chi connectivity index (χ1) is 18.4. The van der Waals surface area contributed by atoms with Crippen molar-refractivity contribution in [2.75, 3.05) is 19.6 Å². The number of nitrogens with two attached hydrogens (primary N) is 1. The first kappa shape index (κ1) is 26.1. The lowest BCUT2D eigenvalue weighted by Crippen LogP contribution is -2.39. The predicted molar refractivity (Wildman–Crippen MR) is 150 cm³/mol. The first-order valence-corrected chi connectivity index (χ1v) is 14.3. The van der Waals surface area contributed by atoms with Crippen LogP contribution in [0.15, 0.2) is 87.5 Å². The van der Waals surface area contributed by atoms with E-state index in [9.17, 15) is 8.42 Å². The summed E-state index contributed by atoms with van der Waals surface area (Å²) in [5.41, 5.74) is 8.94. The van der Waals surface area contributed by atoms with Crippen molar-refractivity contribution in [2.45, 2.75) is 31.6 Å². The van der Waals surface area contributed by atoms with Gasteiger partial charge < -0.3 is 5.73 Å². The quantitative estimate of drug-likeness (QED) is 0.391. The van der Waals surface area contributed by atoms with E-state index in [1.165, 1.54) is 14.0 Å². The molecular weight excluding hydrogens is 524 g/mol. The Hall–Kier alpha value is -3.54. The molecule has 0 radical (unpaired) electrons. The van der Waals surface area contributed by atoms with Gasteiger partial charge in [-0.05, 0) is 48.6 Å². The molecule has 5 rings (SSSR count). The van der Waals surface area contributed by atoms with Crippen molar-refractivity contribution >= 4 is 39.4 Å². The summed E-state index contributed by atoms with van der Waals surface area (Å²) in [6.45, 7) is 1.24. The number of benzene rings is 2. The molecule has 2 aliphatic heterocycles. The summed E-state index contributed by atoms with van der Waals surface area (Å²) < 4.78 is 33.5. The first-order valence-electron chi connectivity index (χ1n) is 12.5. The monoisotopic (exact) mass is 552 g/mol. The molecule has 1 atom stereocenters. The zero-order valence-corrected chi connectivity index (χ0v) is 22.3. The second-order valence-electron chi connectivity index (χ2n) is 9.12. The van der Waals surface area contributed by atoms with Crippen molar-refractivity contribution in [1.29, 1.82) is 0 Å². The summed E-state index contributed by atoms with van der Waals surface area (Å²) in [5.74, 6) is -0.140. The normalized spacial score (nSPS) is 19.9. The zero-order chi connectivity index (χ0) is 26.5. The third-order valence-electron chi connectivity index (χ3n) is 6.55. The Balaban J connectivity index is 1.60. The molecule has 198 valence electrons. The van der Waals surface area contributed by atoms with Gasteiger partial charge in [-0.3, -0.25) is 0 Å². The van der Waals surface area contributed by atoms with E-state index in [4.69, 9.17) is 22.4 Å². The molecule has 0 amide bonds. The van der Waals surface area contributed by atoms with Crippen molar-refractivity contribution in [2.24, 2.45) is 20.2 Å². The lowest BCUT2D eigenvalue weighted by molar-refractivity contribution is 0.346. The smallest absolute Gasteiger partial charge is 0.325 e. The molecule has 38 heavy (non-hydrogen) atoms. The van der Waals surface area contributed by atoms with Gasteiger partial charge in [-0.25, -0.2) is 9.69 Å². The molecule has 1 unspecified atom stereocenters. The summed E-state index contributed by atoms with van der Waals surface area (Å²) in [4.78, 5) is 4.40. The maximum absolute atomic E-state index is 13.3. The molecule has 10 nitrogen and oxygen atoms in total. The summed E-state index contributed by atoms with van der Waals surface area (Å²) in [6.07, 6.45) is 6.43. The van der Waals surface area contributed by atoms with Crippen LogP contribution >= 0.6 is 11.6 Å². The lowest BCUT2D eigenvalue weighted by atomic mass is 9.86. The number of hydrazone groups is 1. The summed E-state index contributed by atoms with van der Waals surface area (Å²) in [6, 6.07) is 19.2. The molecule has 3 heterocycles. The van der Waals surface area contributed by atoms with Crippen molar-refractivity contribution in [1.82, 2.24) is 19.1 Å². The molecule has 0 bridgehead atoms. The Morgan fingerprint density at radius 2 is 1.71 bits per heavy atom. The molecule has 0 spiro atoms. The van der Waals surface area contributed by atoms with Gasteiger partial charge in [-0.15, -0.1) is 4.40 Å². The molecule has 12 heteroatoms. The summed E-state index contributed by atoms with van der Waals surface area (Å²) in [5, 5.41) is 11.1. The molecule has 2 aliphatic rings. The molecule has 2 aromatic carbocycles. The van der Waals surface area contributed by atoms with E-state index in [-0.39, 0.29) is 17.8 Å². The van der Waals surface area contributed by atoms with Gasteiger partial charge in [0, 0.05) is 43.0 Å². The van der Waals surface area contributed by atoms with E-state index in [0.717, 1.165) is 36.1 Å². The van der Waals surface area contributed by atoms with Crippen LogP contribution in [0.5, 0.6) is 0 Å². The second kappa shape index (κ2) is 11.5. The topological polar surface area (TPSA) is 122 Å². The molecule has 1 saturated heterocycles. The number of rotatable bonds is 4. The highest BCUT2D eigenvalue weighted by molar-refractivity contribution is 7.87. The summed E-state index contributed by atoms with van der Waals surface area (Å²) in [7, 11) is -4.00. The Kier molecular flexibility index (Phi) is 7.87. The number of aromatic nitrogens is 2. The Morgan fingerprint density at radius 1 is 0.974 bits per heavy atom. The van der Waals surface area contributed by atoms with Crippen LogP contribution in [0.3, 0.4) is 0 Å². The van der Waals surface area contributed by atoms with E-state index in [1.54, 1.807) is 18.5 Å². The Bertz CT molecular complexity index is 1430. The molecule has 3 aromatic rings. The van der Waals surface area contributed by atoms with Gasteiger partial charge in [0.1, 0.15) is 0 Å². The predicted octanol–water partition coefficient (Wildman–Crippen LogP) is 3.68. The average molecular weight is 553 g/mol. The average Bonchev–Trinajstić information content (AvgIpc) is 3.49. The van der Waals surface area contributed by atoms with Crippen LogP contribution in [0.4, 0.5) is 0 Å². The largest absolute Gasteiger partial charge is 0.368 e. The highest BCUT2D eigenvalue weighted by Gasteiger charge is 2.31. The van der Waals surface area contributed by atoms with E-state index < -0.39 is 10.2 Å². The third kappa shape index (κ3) is 5.95. The van der Waals surface area contributed by atoms with E-state index >= 15 is 0 Å². The van der Waals surface area contributed by atoms with Gasteiger partial charge in [-0.2, -0.15) is 27.9 Å². The minimum atomic E-state index is -4.00. The van der Waals surface area contributed by atoms with Crippen molar-refractivity contribution in [3.8, 4) is 0 Å². The van der Waals surface area contributed by atoms with E-state index in [2.05, 4.69) is 26.6 Å². The molecule has 1 aromatic heterocycles. The number of piperidine rings is 1. The fourth-order valence-electron chi connectivity index (χ4n) is 4.61.